The zero-order chi connectivity index (χ0) is 15.0. The fraction of sp³-hybridized carbons (Fsp3) is 0.533. The largest absolute Gasteiger partial charge is 0.311 e. The molecule has 2 fully saturated rings. The average molecular weight is 342 g/mol. The Labute approximate surface area is 137 Å². The molecule has 0 spiro atoms. The smallest absolute Gasteiger partial charge is 0.241 e. The van der Waals surface area contributed by atoms with Gasteiger partial charge in [-0.25, -0.2) is 13.1 Å². The first-order valence-electron chi connectivity index (χ1n) is 7.27. The maximum atomic E-state index is 12.6. The molecular weight excluding hydrogens is 322 g/mol. The normalized spacial score (nSPS) is 27.0. The number of nitrogens with one attached hydrogen (secondary N) is 2. The molecule has 1 aromatic carbocycles. The summed E-state index contributed by atoms with van der Waals surface area (Å²) in [6.07, 6.45) is 3.94. The van der Waals surface area contributed by atoms with Crippen LogP contribution < -0.4 is 10.0 Å². The summed E-state index contributed by atoms with van der Waals surface area (Å²) in [5, 5.41) is 12.4. The summed E-state index contributed by atoms with van der Waals surface area (Å²) >= 11 is 0. The number of rotatable bonds is 3. The quantitative estimate of drug-likeness (QED) is 0.879. The first-order valence-corrected chi connectivity index (χ1v) is 8.75. The standard InChI is InChI=1S/C15H19N3O2S.ClH/c1-10-2-3-11(9-16)6-15(10)21(19,20)18-14-7-12-4-5-13(8-14)17-12;/h2-3,6,12-14,17-18H,4-5,7-8H2,1H3;1H. The van der Waals surface area contributed by atoms with Crippen molar-refractivity contribution in [3.05, 3.63) is 29.3 Å². The summed E-state index contributed by atoms with van der Waals surface area (Å²) in [4.78, 5) is 0.215. The third-order valence-electron chi connectivity index (χ3n) is 4.40. The number of halogens is 1. The van der Waals surface area contributed by atoms with Gasteiger partial charge in [0.15, 0.2) is 0 Å². The maximum Gasteiger partial charge on any atom is 0.241 e. The minimum absolute atomic E-state index is 0. The van der Waals surface area contributed by atoms with Crippen molar-refractivity contribution in [1.29, 1.82) is 5.26 Å². The van der Waals surface area contributed by atoms with Gasteiger partial charge in [-0.15, -0.1) is 12.4 Å². The molecule has 2 heterocycles. The second-order valence-electron chi connectivity index (χ2n) is 6.02. The third kappa shape index (κ3) is 3.44. The molecule has 0 saturated carbocycles. The lowest BCUT2D eigenvalue weighted by Gasteiger charge is -2.29. The van der Waals surface area contributed by atoms with Crippen LogP contribution in [-0.2, 0) is 10.0 Å². The first-order chi connectivity index (χ1) is 9.98. The fourth-order valence-electron chi connectivity index (χ4n) is 3.40. The van der Waals surface area contributed by atoms with Gasteiger partial charge >= 0.3 is 0 Å². The highest BCUT2D eigenvalue weighted by molar-refractivity contribution is 7.89. The Morgan fingerprint density at radius 1 is 1.27 bits per heavy atom. The van der Waals surface area contributed by atoms with Crippen LogP contribution in [0.25, 0.3) is 0 Å². The highest BCUT2D eigenvalue weighted by Gasteiger charge is 2.35. The van der Waals surface area contributed by atoms with Gasteiger partial charge in [-0.3, -0.25) is 0 Å². The molecule has 2 saturated heterocycles. The summed E-state index contributed by atoms with van der Waals surface area (Å²) in [5.41, 5.74) is 1.03. The van der Waals surface area contributed by atoms with Crippen molar-refractivity contribution >= 4 is 22.4 Å². The molecule has 2 bridgehead atoms. The SMILES string of the molecule is Cc1ccc(C#N)cc1S(=O)(=O)NC1CC2CCC(C1)N2.Cl. The van der Waals surface area contributed by atoms with Gasteiger partial charge in [-0.1, -0.05) is 6.07 Å². The van der Waals surface area contributed by atoms with Crippen molar-refractivity contribution in [1.82, 2.24) is 10.0 Å². The molecule has 2 atom stereocenters. The van der Waals surface area contributed by atoms with Crippen LogP contribution in [0.3, 0.4) is 0 Å². The number of benzene rings is 1. The van der Waals surface area contributed by atoms with Crippen LogP contribution in [0.1, 0.15) is 36.8 Å². The number of nitrogens with zero attached hydrogens (tertiary/aromatic N) is 1. The number of hydrogen-bond donors (Lipinski definition) is 2. The van der Waals surface area contributed by atoms with Crippen LogP contribution in [0.5, 0.6) is 0 Å². The minimum atomic E-state index is -3.57. The second kappa shape index (κ2) is 6.55. The van der Waals surface area contributed by atoms with Gasteiger partial charge in [-0.2, -0.15) is 5.26 Å². The van der Waals surface area contributed by atoms with Crippen molar-refractivity contribution in [2.24, 2.45) is 0 Å². The summed E-state index contributed by atoms with van der Waals surface area (Å²) in [6, 6.07) is 7.61. The fourth-order valence-corrected chi connectivity index (χ4v) is 4.93. The molecule has 3 rings (SSSR count). The zero-order valence-corrected chi connectivity index (χ0v) is 14.0. The molecule has 0 aliphatic carbocycles. The Kier molecular flexibility index (Phi) is 5.13. The van der Waals surface area contributed by atoms with E-state index >= 15 is 0 Å². The Hall–Kier alpha value is -1.13. The lowest BCUT2D eigenvalue weighted by atomic mass is 10.0. The average Bonchev–Trinajstić information content (AvgIpc) is 2.78. The summed E-state index contributed by atoms with van der Waals surface area (Å²) in [7, 11) is -3.57. The third-order valence-corrected chi connectivity index (χ3v) is 6.06. The Balaban J connectivity index is 0.00000176. The monoisotopic (exact) mass is 341 g/mol. The molecule has 7 heteroatoms. The van der Waals surface area contributed by atoms with Crippen LogP contribution >= 0.6 is 12.4 Å². The van der Waals surface area contributed by atoms with E-state index in [4.69, 9.17) is 5.26 Å². The van der Waals surface area contributed by atoms with Crippen molar-refractivity contribution < 1.29 is 8.42 Å². The maximum absolute atomic E-state index is 12.6. The highest BCUT2D eigenvalue weighted by Crippen LogP contribution is 2.28. The highest BCUT2D eigenvalue weighted by atomic mass is 35.5. The van der Waals surface area contributed by atoms with E-state index in [1.54, 1.807) is 19.1 Å². The van der Waals surface area contributed by atoms with E-state index in [1.807, 2.05) is 6.07 Å². The molecule has 2 aliphatic rings. The second-order valence-corrected chi connectivity index (χ2v) is 7.70. The van der Waals surface area contributed by atoms with E-state index in [-0.39, 0.29) is 23.3 Å². The number of aryl methyl sites for hydroxylation is 1. The van der Waals surface area contributed by atoms with Gasteiger partial charge in [0.05, 0.1) is 16.5 Å². The lowest BCUT2D eigenvalue weighted by molar-refractivity contribution is 0.345. The number of hydrogen-bond acceptors (Lipinski definition) is 4. The summed E-state index contributed by atoms with van der Waals surface area (Å²) < 4.78 is 28.0. The van der Waals surface area contributed by atoms with Gasteiger partial charge in [0.25, 0.3) is 0 Å². The molecule has 0 amide bonds. The van der Waals surface area contributed by atoms with E-state index in [0.29, 0.717) is 23.2 Å². The summed E-state index contributed by atoms with van der Waals surface area (Å²) in [5.74, 6) is 0. The molecule has 1 aromatic rings. The number of piperidine rings is 1. The van der Waals surface area contributed by atoms with Crippen LogP contribution in [0.4, 0.5) is 0 Å². The van der Waals surface area contributed by atoms with Crippen molar-refractivity contribution in [2.75, 3.05) is 0 Å². The molecule has 2 N–H and O–H groups in total. The molecule has 5 nitrogen and oxygen atoms in total. The molecule has 0 radical (unpaired) electrons. The van der Waals surface area contributed by atoms with Gasteiger partial charge in [0.2, 0.25) is 10.0 Å². The molecule has 120 valence electrons. The van der Waals surface area contributed by atoms with E-state index in [0.717, 1.165) is 25.7 Å². The van der Waals surface area contributed by atoms with Gasteiger partial charge in [0.1, 0.15) is 0 Å². The van der Waals surface area contributed by atoms with Crippen LogP contribution in [0.2, 0.25) is 0 Å². The summed E-state index contributed by atoms with van der Waals surface area (Å²) in [6.45, 7) is 1.75. The van der Waals surface area contributed by atoms with Gasteiger partial charge in [0, 0.05) is 18.1 Å². The molecule has 0 aromatic heterocycles. The van der Waals surface area contributed by atoms with E-state index in [9.17, 15) is 8.42 Å². The number of fused-ring (bicyclic) bond motifs is 2. The topological polar surface area (TPSA) is 82.0 Å². The number of nitriles is 1. The predicted molar refractivity (Wildman–Crippen MR) is 86.4 cm³/mol. The molecule has 2 aliphatic heterocycles. The van der Waals surface area contributed by atoms with Crippen LogP contribution in [0.15, 0.2) is 23.1 Å². The molecule has 2 unspecified atom stereocenters. The minimum Gasteiger partial charge on any atom is -0.311 e. The van der Waals surface area contributed by atoms with Crippen LogP contribution in [0, 0.1) is 18.3 Å². The lowest BCUT2D eigenvalue weighted by Crippen LogP contribution is -2.48. The Morgan fingerprint density at radius 3 is 2.50 bits per heavy atom. The zero-order valence-electron chi connectivity index (χ0n) is 12.4. The van der Waals surface area contributed by atoms with Crippen molar-refractivity contribution in [3.8, 4) is 6.07 Å². The molecular formula is C15H20ClN3O2S. The first kappa shape index (κ1) is 17.2. The number of sulfonamides is 1. The van der Waals surface area contributed by atoms with E-state index in [1.165, 1.54) is 6.07 Å². The van der Waals surface area contributed by atoms with E-state index < -0.39 is 10.0 Å². The Morgan fingerprint density at radius 2 is 1.91 bits per heavy atom. The van der Waals surface area contributed by atoms with Crippen molar-refractivity contribution in [2.45, 2.75) is 55.6 Å². The van der Waals surface area contributed by atoms with Gasteiger partial charge < -0.3 is 5.32 Å². The van der Waals surface area contributed by atoms with E-state index in [2.05, 4.69) is 10.0 Å². The Bertz CT molecular complexity index is 687. The molecule has 22 heavy (non-hydrogen) atoms. The van der Waals surface area contributed by atoms with Crippen LogP contribution in [-0.4, -0.2) is 26.5 Å². The van der Waals surface area contributed by atoms with Crippen molar-refractivity contribution in [3.63, 3.8) is 0 Å². The van der Waals surface area contributed by atoms with Gasteiger partial charge in [-0.05, 0) is 50.3 Å². The predicted octanol–water partition coefficient (Wildman–Crippen LogP) is 1.85.